The number of likely N-dealkylation sites (N-methyl/N-ethyl adjacent to an activating group) is 1. The number of sulfonamides is 1. The summed E-state index contributed by atoms with van der Waals surface area (Å²) in [6.45, 7) is 4.44. The van der Waals surface area contributed by atoms with Gasteiger partial charge in [-0.3, -0.25) is 0 Å². The molecule has 1 heterocycles. The molecule has 0 bridgehead atoms. The fourth-order valence-corrected chi connectivity index (χ4v) is 3.21. The third-order valence-electron chi connectivity index (χ3n) is 3.19. The van der Waals surface area contributed by atoms with Crippen LogP contribution >= 0.6 is 0 Å². The molecule has 2 rings (SSSR count). The Morgan fingerprint density at radius 2 is 2.05 bits per heavy atom. The molecule has 1 N–H and O–H groups in total. The minimum Gasteiger partial charge on any atom is -0.374 e. The summed E-state index contributed by atoms with van der Waals surface area (Å²) < 4.78 is 31.6. The largest absolute Gasteiger partial charge is 0.374 e. The van der Waals surface area contributed by atoms with Crippen LogP contribution in [0.5, 0.6) is 0 Å². The second kappa shape index (κ2) is 6.00. The summed E-state index contributed by atoms with van der Waals surface area (Å²) in [5.41, 5.74) is 1.04. The van der Waals surface area contributed by atoms with E-state index in [1.807, 2.05) is 6.92 Å². The molecule has 0 radical (unpaired) electrons. The van der Waals surface area contributed by atoms with E-state index in [1.165, 1.54) is 4.31 Å². The number of nitrogens with zero attached hydrogens (tertiary/aromatic N) is 1. The lowest BCUT2D eigenvalue weighted by atomic mass is 10.2. The van der Waals surface area contributed by atoms with E-state index < -0.39 is 10.0 Å². The lowest BCUT2D eigenvalue weighted by Gasteiger charge is -2.27. The molecule has 0 amide bonds. The smallest absolute Gasteiger partial charge is 0.242 e. The normalized spacial score (nSPS) is 20.7. The van der Waals surface area contributed by atoms with Crippen LogP contribution in [0.25, 0.3) is 0 Å². The van der Waals surface area contributed by atoms with Crippen LogP contribution in [-0.4, -0.2) is 52.1 Å². The summed E-state index contributed by atoms with van der Waals surface area (Å²) >= 11 is 0. The van der Waals surface area contributed by atoms with Gasteiger partial charge in [0.25, 0.3) is 0 Å². The van der Waals surface area contributed by atoms with Crippen LogP contribution in [0.15, 0.2) is 29.2 Å². The highest BCUT2D eigenvalue weighted by molar-refractivity contribution is 7.89. The molecule has 1 atom stereocenters. The maximum absolute atomic E-state index is 12.4. The maximum Gasteiger partial charge on any atom is 0.242 e. The van der Waals surface area contributed by atoms with E-state index in [0.29, 0.717) is 24.6 Å². The predicted octanol–water partition coefficient (Wildman–Crippen LogP) is 0.604. The van der Waals surface area contributed by atoms with E-state index in [2.05, 4.69) is 5.32 Å². The number of aryl methyl sites for hydroxylation is 1. The minimum atomic E-state index is -3.43. The monoisotopic (exact) mass is 284 g/mol. The number of hydrogen-bond donors (Lipinski definition) is 1. The average molecular weight is 284 g/mol. The number of hydrogen-bond acceptors (Lipinski definition) is 4. The zero-order chi connectivity index (χ0) is 13.9. The van der Waals surface area contributed by atoms with Crippen molar-refractivity contribution < 1.29 is 13.2 Å². The number of ether oxygens (including phenoxy) is 1. The van der Waals surface area contributed by atoms with Crippen molar-refractivity contribution >= 4 is 10.0 Å². The first kappa shape index (κ1) is 14.5. The van der Waals surface area contributed by atoms with Gasteiger partial charge >= 0.3 is 0 Å². The minimum absolute atomic E-state index is 0.0843. The molecule has 0 aliphatic carbocycles. The molecule has 1 unspecified atom stereocenters. The number of benzene rings is 1. The molecule has 0 saturated carbocycles. The Balaban J connectivity index is 2.07. The van der Waals surface area contributed by atoms with Crippen molar-refractivity contribution in [1.29, 1.82) is 0 Å². The van der Waals surface area contributed by atoms with Gasteiger partial charge in [0.15, 0.2) is 0 Å². The molecule has 0 spiro atoms. The Labute approximate surface area is 114 Å². The lowest BCUT2D eigenvalue weighted by Crippen LogP contribution is -2.45. The number of nitrogens with one attached hydrogen (secondary N) is 1. The molecular formula is C13H20N2O3S. The molecule has 1 fully saturated rings. The van der Waals surface area contributed by atoms with Crippen molar-refractivity contribution in [2.45, 2.75) is 17.9 Å². The van der Waals surface area contributed by atoms with Crippen molar-refractivity contribution in [3.63, 3.8) is 0 Å². The molecule has 106 valence electrons. The first-order valence-corrected chi connectivity index (χ1v) is 7.79. The Bertz CT molecular complexity index is 507. The zero-order valence-electron chi connectivity index (χ0n) is 11.3. The van der Waals surface area contributed by atoms with Gasteiger partial charge in [0.2, 0.25) is 10.0 Å². The molecule has 1 saturated heterocycles. The van der Waals surface area contributed by atoms with Gasteiger partial charge in [-0.05, 0) is 19.1 Å². The third-order valence-corrected chi connectivity index (χ3v) is 5.03. The molecule has 19 heavy (non-hydrogen) atoms. The average Bonchev–Trinajstić information content (AvgIpc) is 2.40. The molecule has 1 aliphatic heterocycles. The highest BCUT2D eigenvalue weighted by atomic mass is 32.2. The molecule has 0 aromatic heterocycles. The molecule has 1 aromatic rings. The van der Waals surface area contributed by atoms with Gasteiger partial charge in [0.1, 0.15) is 0 Å². The summed E-state index contributed by atoms with van der Waals surface area (Å²) in [6, 6.07) is 6.89. The van der Waals surface area contributed by atoms with E-state index in [1.54, 1.807) is 31.3 Å². The zero-order valence-corrected chi connectivity index (χ0v) is 12.1. The molecule has 6 heteroatoms. The van der Waals surface area contributed by atoms with E-state index in [9.17, 15) is 8.42 Å². The fourth-order valence-electron chi connectivity index (χ4n) is 2.01. The summed E-state index contributed by atoms with van der Waals surface area (Å²) in [6.07, 6.45) is -0.0843. The Morgan fingerprint density at radius 3 is 2.63 bits per heavy atom. The lowest BCUT2D eigenvalue weighted by molar-refractivity contribution is 0.0206. The number of morpholine rings is 1. The summed E-state index contributed by atoms with van der Waals surface area (Å²) in [5, 5.41) is 3.19. The van der Waals surface area contributed by atoms with Crippen LogP contribution in [0.2, 0.25) is 0 Å². The Kier molecular flexibility index (Phi) is 4.57. The van der Waals surface area contributed by atoms with E-state index >= 15 is 0 Å². The predicted molar refractivity (Wildman–Crippen MR) is 73.6 cm³/mol. The van der Waals surface area contributed by atoms with Crippen molar-refractivity contribution in [2.75, 3.05) is 33.3 Å². The first-order chi connectivity index (χ1) is 9.00. The van der Waals surface area contributed by atoms with Gasteiger partial charge in [-0.25, -0.2) is 8.42 Å². The molecule has 5 nitrogen and oxygen atoms in total. The fraction of sp³-hybridized carbons (Fsp3) is 0.538. The van der Waals surface area contributed by atoms with E-state index in [0.717, 1.165) is 12.1 Å². The second-order valence-corrected chi connectivity index (χ2v) is 6.84. The van der Waals surface area contributed by atoms with Crippen molar-refractivity contribution in [2.24, 2.45) is 0 Å². The highest BCUT2D eigenvalue weighted by Crippen LogP contribution is 2.15. The van der Waals surface area contributed by atoms with Crippen LogP contribution in [-0.2, 0) is 14.8 Å². The molecule has 1 aromatic carbocycles. The van der Waals surface area contributed by atoms with Crippen molar-refractivity contribution in [3.05, 3.63) is 29.8 Å². The number of rotatable bonds is 4. The highest BCUT2D eigenvalue weighted by Gasteiger charge is 2.24. The van der Waals surface area contributed by atoms with Gasteiger partial charge in [0.05, 0.1) is 17.6 Å². The maximum atomic E-state index is 12.4. The van der Waals surface area contributed by atoms with Gasteiger partial charge in [-0.2, -0.15) is 4.31 Å². The topological polar surface area (TPSA) is 58.6 Å². The molecule has 1 aliphatic rings. The third kappa shape index (κ3) is 3.54. The van der Waals surface area contributed by atoms with Crippen LogP contribution in [0.1, 0.15) is 5.56 Å². The molecular weight excluding hydrogens is 264 g/mol. The second-order valence-electron chi connectivity index (χ2n) is 4.80. The summed E-state index contributed by atoms with van der Waals surface area (Å²) in [4.78, 5) is 0.323. The Hall–Kier alpha value is -0.950. The van der Waals surface area contributed by atoms with Crippen molar-refractivity contribution in [3.8, 4) is 0 Å². The summed E-state index contributed by atoms with van der Waals surface area (Å²) in [5.74, 6) is 0. The quantitative estimate of drug-likeness (QED) is 0.880. The van der Waals surface area contributed by atoms with Crippen LogP contribution in [0.4, 0.5) is 0 Å². The van der Waals surface area contributed by atoms with E-state index in [4.69, 9.17) is 4.74 Å². The van der Waals surface area contributed by atoms with Gasteiger partial charge in [-0.15, -0.1) is 0 Å². The first-order valence-electron chi connectivity index (χ1n) is 6.35. The van der Waals surface area contributed by atoms with Crippen LogP contribution in [0, 0.1) is 6.92 Å². The SMILES string of the molecule is Cc1ccc(S(=O)(=O)N(C)CC2CNCCO2)cc1. The van der Waals surface area contributed by atoms with Crippen LogP contribution in [0.3, 0.4) is 0 Å². The summed E-state index contributed by atoms with van der Waals surface area (Å²) in [7, 11) is -1.84. The Morgan fingerprint density at radius 1 is 1.37 bits per heavy atom. The van der Waals surface area contributed by atoms with Crippen LogP contribution < -0.4 is 5.32 Å². The van der Waals surface area contributed by atoms with Gasteiger partial charge in [-0.1, -0.05) is 17.7 Å². The van der Waals surface area contributed by atoms with E-state index in [-0.39, 0.29) is 6.10 Å². The van der Waals surface area contributed by atoms with Crippen molar-refractivity contribution in [1.82, 2.24) is 9.62 Å². The van der Waals surface area contributed by atoms with Gasteiger partial charge < -0.3 is 10.1 Å². The standard InChI is InChI=1S/C13H20N2O3S/c1-11-3-5-13(6-4-11)19(16,17)15(2)10-12-9-14-7-8-18-12/h3-6,12,14H,7-10H2,1-2H3. The van der Waals surface area contributed by atoms with Gasteiger partial charge in [0, 0.05) is 26.7 Å².